The van der Waals surface area contributed by atoms with Gasteiger partial charge in [0.05, 0.1) is 24.5 Å². The molecule has 2 aromatic carbocycles. The number of anilines is 2. The molecule has 4 rings (SSSR count). The van der Waals surface area contributed by atoms with Gasteiger partial charge in [-0.15, -0.1) is 0 Å². The molecule has 0 bridgehead atoms. The van der Waals surface area contributed by atoms with Gasteiger partial charge < -0.3 is 15.0 Å². The highest BCUT2D eigenvalue weighted by Gasteiger charge is 2.22. The Morgan fingerprint density at radius 3 is 2.71 bits per heavy atom. The molecule has 1 aliphatic rings. The zero-order valence-electron chi connectivity index (χ0n) is 15.3. The Hall–Kier alpha value is -3.06. The van der Waals surface area contributed by atoms with E-state index in [1.54, 1.807) is 4.90 Å². The van der Waals surface area contributed by atoms with Crippen LogP contribution in [-0.4, -0.2) is 42.1 Å². The fourth-order valence-electron chi connectivity index (χ4n) is 3.40. The Morgan fingerprint density at radius 2 is 1.96 bits per heavy atom. The first-order valence-corrected chi connectivity index (χ1v) is 9.02. The molecular weight excluding hydrogens is 364 g/mol. The number of hydrogen-bond acceptors (Lipinski definition) is 4. The highest BCUT2D eigenvalue weighted by molar-refractivity contribution is 6.10. The quantitative estimate of drug-likeness (QED) is 0.742. The van der Waals surface area contributed by atoms with Crippen LogP contribution in [0.2, 0.25) is 0 Å². The van der Waals surface area contributed by atoms with Crippen LogP contribution in [0.5, 0.6) is 0 Å². The molecule has 5 nitrogen and oxygen atoms in total. The van der Waals surface area contributed by atoms with Gasteiger partial charge in [-0.1, -0.05) is 18.2 Å². The molecule has 0 radical (unpaired) electrons. The third-order valence-corrected chi connectivity index (χ3v) is 4.83. The normalized spacial score (nSPS) is 14.3. The van der Waals surface area contributed by atoms with Crippen molar-refractivity contribution in [2.45, 2.75) is 6.92 Å². The van der Waals surface area contributed by atoms with Crippen molar-refractivity contribution in [1.82, 2.24) is 9.88 Å². The van der Waals surface area contributed by atoms with E-state index in [9.17, 15) is 13.6 Å². The summed E-state index contributed by atoms with van der Waals surface area (Å²) in [6, 6.07) is 8.91. The molecular formula is C21H19F2N3O2. The Labute approximate surface area is 160 Å². The molecule has 1 amide bonds. The van der Waals surface area contributed by atoms with E-state index in [-0.39, 0.29) is 11.6 Å². The van der Waals surface area contributed by atoms with Crippen LogP contribution >= 0.6 is 0 Å². The lowest BCUT2D eigenvalue weighted by Crippen LogP contribution is -2.40. The molecule has 1 aromatic heterocycles. The van der Waals surface area contributed by atoms with E-state index in [1.165, 1.54) is 18.3 Å². The SMILES string of the molecule is Cc1cccc2c(Nc3ccc(F)cc3F)ncc(C(=O)N3CCOCC3)c12. The first-order valence-electron chi connectivity index (χ1n) is 9.02. The molecule has 1 fully saturated rings. The van der Waals surface area contributed by atoms with Gasteiger partial charge in [0.2, 0.25) is 0 Å². The molecule has 1 aliphatic heterocycles. The topological polar surface area (TPSA) is 54.5 Å². The van der Waals surface area contributed by atoms with Crippen molar-refractivity contribution >= 4 is 28.2 Å². The van der Waals surface area contributed by atoms with E-state index in [4.69, 9.17) is 4.74 Å². The minimum atomic E-state index is -0.712. The first kappa shape index (κ1) is 18.3. The fraction of sp³-hybridized carbons (Fsp3) is 0.238. The Balaban J connectivity index is 1.78. The number of nitrogens with zero attached hydrogens (tertiary/aromatic N) is 2. The minimum absolute atomic E-state index is 0.102. The van der Waals surface area contributed by atoms with Crippen molar-refractivity contribution in [3.05, 3.63) is 65.4 Å². The third kappa shape index (κ3) is 3.41. The Morgan fingerprint density at radius 1 is 1.18 bits per heavy atom. The number of rotatable bonds is 3. The van der Waals surface area contributed by atoms with Gasteiger partial charge in [0.1, 0.15) is 17.5 Å². The zero-order valence-corrected chi connectivity index (χ0v) is 15.3. The summed E-state index contributed by atoms with van der Waals surface area (Å²) in [5, 5.41) is 4.38. The number of fused-ring (bicyclic) bond motifs is 1. The summed E-state index contributed by atoms with van der Waals surface area (Å²) in [5.74, 6) is -1.06. The molecule has 28 heavy (non-hydrogen) atoms. The number of aryl methyl sites for hydroxylation is 1. The maximum atomic E-state index is 14.1. The van der Waals surface area contributed by atoms with Crippen molar-refractivity contribution in [3.8, 4) is 0 Å². The molecule has 7 heteroatoms. The molecule has 0 saturated carbocycles. The number of morpholine rings is 1. The average Bonchev–Trinajstić information content (AvgIpc) is 2.70. The maximum absolute atomic E-state index is 14.1. The number of benzene rings is 2. The van der Waals surface area contributed by atoms with Crippen LogP contribution in [0, 0.1) is 18.6 Å². The van der Waals surface area contributed by atoms with Crippen LogP contribution < -0.4 is 5.32 Å². The van der Waals surface area contributed by atoms with Gasteiger partial charge in [0.25, 0.3) is 5.91 Å². The monoisotopic (exact) mass is 383 g/mol. The summed E-state index contributed by atoms with van der Waals surface area (Å²) in [5.41, 5.74) is 1.53. The van der Waals surface area contributed by atoms with E-state index >= 15 is 0 Å². The molecule has 0 aliphatic carbocycles. The van der Waals surface area contributed by atoms with Crippen molar-refractivity contribution in [2.24, 2.45) is 0 Å². The summed E-state index contributed by atoms with van der Waals surface area (Å²) in [6.45, 7) is 4.01. The van der Waals surface area contributed by atoms with E-state index < -0.39 is 11.6 Å². The van der Waals surface area contributed by atoms with Gasteiger partial charge >= 0.3 is 0 Å². The second-order valence-electron chi connectivity index (χ2n) is 6.67. The average molecular weight is 383 g/mol. The molecule has 0 atom stereocenters. The van der Waals surface area contributed by atoms with E-state index in [1.807, 2.05) is 25.1 Å². The minimum Gasteiger partial charge on any atom is -0.378 e. The number of aromatic nitrogens is 1. The second kappa shape index (κ2) is 7.52. The molecule has 0 unspecified atom stereocenters. The zero-order chi connectivity index (χ0) is 19.7. The fourth-order valence-corrected chi connectivity index (χ4v) is 3.40. The number of carbonyl (C=O) groups excluding carboxylic acids is 1. The Bertz CT molecular complexity index is 1050. The van der Waals surface area contributed by atoms with Crippen molar-refractivity contribution < 1.29 is 18.3 Å². The summed E-state index contributed by atoms with van der Waals surface area (Å²) in [6.07, 6.45) is 1.51. The number of hydrogen-bond donors (Lipinski definition) is 1. The number of nitrogens with one attached hydrogen (secondary N) is 1. The smallest absolute Gasteiger partial charge is 0.256 e. The van der Waals surface area contributed by atoms with Crippen LogP contribution in [0.3, 0.4) is 0 Å². The maximum Gasteiger partial charge on any atom is 0.256 e. The standard InChI is InChI=1S/C21H19F2N3O2/c1-13-3-2-4-15-19(13)16(21(27)26-7-9-28-10-8-26)12-24-20(15)25-18-6-5-14(22)11-17(18)23/h2-6,11-12H,7-10H2,1H3,(H,24,25). The van der Waals surface area contributed by atoms with E-state index in [0.29, 0.717) is 43.1 Å². The van der Waals surface area contributed by atoms with Gasteiger partial charge in [-0.3, -0.25) is 4.79 Å². The van der Waals surface area contributed by atoms with Gasteiger partial charge in [-0.2, -0.15) is 0 Å². The second-order valence-corrected chi connectivity index (χ2v) is 6.67. The predicted molar refractivity (Wildman–Crippen MR) is 103 cm³/mol. The lowest BCUT2D eigenvalue weighted by molar-refractivity contribution is 0.0304. The molecule has 3 aromatic rings. The molecule has 1 N–H and O–H groups in total. The highest BCUT2D eigenvalue weighted by atomic mass is 19.1. The number of halogens is 2. The van der Waals surface area contributed by atoms with Gasteiger partial charge in [0, 0.05) is 36.1 Å². The number of amides is 1. The Kier molecular flexibility index (Phi) is 4.92. The van der Waals surface area contributed by atoms with Crippen LogP contribution in [0.1, 0.15) is 15.9 Å². The van der Waals surface area contributed by atoms with Gasteiger partial charge in [0.15, 0.2) is 0 Å². The lowest BCUT2D eigenvalue weighted by Gasteiger charge is -2.27. The number of ether oxygens (including phenoxy) is 1. The summed E-state index contributed by atoms with van der Waals surface area (Å²) >= 11 is 0. The van der Waals surface area contributed by atoms with Crippen LogP contribution in [-0.2, 0) is 4.74 Å². The predicted octanol–water partition coefficient (Wildman–Crippen LogP) is 4.04. The van der Waals surface area contributed by atoms with Crippen LogP contribution in [0.4, 0.5) is 20.3 Å². The van der Waals surface area contributed by atoms with Crippen molar-refractivity contribution in [1.29, 1.82) is 0 Å². The van der Waals surface area contributed by atoms with E-state index in [0.717, 1.165) is 17.0 Å². The first-order chi connectivity index (χ1) is 13.5. The van der Waals surface area contributed by atoms with Gasteiger partial charge in [-0.05, 0) is 24.6 Å². The summed E-state index contributed by atoms with van der Waals surface area (Å²) in [7, 11) is 0. The number of carbonyl (C=O) groups is 1. The third-order valence-electron chi connectivity index (χ3n) is 4.83. The summed E-state index contributed by atoms with van der Waals surface area (Å²) < 4.78 is 32.6. The van der Waals surface area contributed by atoms with Crippen LogP contribution in [0.25, 0.3) is 10.8 Å². The molecule has 1 saturated heterocycles. The molecule has 2 heterocycles. The highest BCUT2D eigenvalue weighted by Crippen LogP contribution is 2.31. The largest absolute Gasteiger partial charge is 0.378 e. The van der Waals surface area contributed by atoms with Crippen molar-refractivity contribution in [3.63, 3.8) is 0 Å². The van der Waals surface area contributed by atoms with Gasteiger partial charge in [-0.25, -0.2) is 13.8 Å². The number of pyridine rings is 1. The molecule has 0 spiro atoms. The summed E-state index contributed by atoms with van der Waals surface area (Å²) in [4.78, 5) is 19.2. The van der Waals surface area contributed by atoms with Crippen LogP contribution in [0.15, 0.2) is 42.6 Å². The van der Waals surface area contributed by atoms with Crippen molar-refractivity contribution in [2.75, 3.05) is 31.6 Å². The molecule has 144 valence electrons. The lowest BCUT2D eigenvalue weighted by atomic mass is 10.0. The van der Waals surface area contributed by atoms with E-state index in [2.05, 4.69) is 10.3 Å².